The van der Waals surface area contributed by atoms with E-state index in [0.717, 1.165) is 24.2 Å². The van der Waals surface area contributed by atoms with Crippen LogP contribution in [0.1, 0.15) is 40.6 Å². The highest BCUT2D eigenvalue weighted by molar-refractivity contribution is 5.94. The molecule has 1 N–H and O–H groups in total. The van der Waals surface area contributed by atoms with E-state index in [1.807, 2.05) is 24.3 Å². The summed E-state index contributed by atoms with van der Waals surface area (Å²) in [6.45, 7) is 0.876. The number of likely N-dealkylation sites (tertiary alicyclic amines) is 1. The molecule has 2 aromatic heterocycles. The monoisotopic (exact) mass is 380 g/mol. The number of amides is 1. The van der Waals surface area contributed by atoms with Crippen molar-refractivity contribution in [2.24, 2.45) is 0 Å². The fourth-order valence-corrected chi connectivity index (χ4v) is 3.49. The van der Waals surface area contributed by atoms with Crippen LogP contribution in [0.2, 0.25) is 0 Å². The Morgan fingerprint density at radius 1 is 1.39 bits per heavy atom. The third-order valence-electron chi connectivity index (χ3n) is 4.85. The van der Waals surface area contributed by atoms with Gasteiger partial charge in [0.15, 0.2) is 0 Å². The first kappa shape index (κ1) is 17.9. The van der Waals surface area contributed by atoms with E-state index in [1.54, 1.807) is 16.7 Å². The topological polar surface area (TPSA) is 106 Å². The highest BCUT2D eigenvalue weighted by Crippen LogP contribution is 2.34. The SMILES string of the molecule is COc1cccc([C@@H]2CCCN2C(=O)c2cnc(Cn3cncn3)[nH]c2=O)c1. The molecule has 144 valence electrons. The number of carbonyl (C=O) groups is 1. The number of benzene rings is 1. The fraction of sp³-hybridized carbons (Fsp3) is 0.316. The quantitative estimate of drug-likeness (QED) is 0.717. The Labute approximate surface area is 161 Å². The van der Waals surface area contributed by atoms with E-state index < -0.39 is 5.56 Å². The van der Waals surface area contributed by atoms with Gasteiger partial charge in [-0.2, -0.15) is 5.10 Å². The van der Waals surface area contributed by atoms with Gasteiger partial charge in [-0.15, -0.1) is 0 Å². The second-order valence-corrected chi connectivity index (χ2v) is 6.60. The van der Waals surface area contributed by atoms with Crippen LogP contribution in [-0.4, -0.2) is 49.2 Å². The Balaban J connectivity index is 1.57. The molecule has 28 heavy (non-hydrogen) atoms. The van der Waals surface area contributed by atoms with Gasteiger partial charge in [0.25, 0.3) is 11.5 Å². The lowest BCUT2D eigenvalue weighted by molar-refractivity contribution is 0.0733. The van der Waals surface area contributed by atoms with Gasteiger partial charge in [-0.3, -0.25) is 9.59 Å². The number of nitrogens with zero attached hydrogens (tertiary/aromatic N) is 5. The number of H-pyrrole nitrogens is 1. The average molecular weight is 380 g/mol. The average Bonchev–Trinajstić information content (AvgIpc) is 3.39. The number of rotatable bonds is 5. The van der Waals surface area contributed by atoms with E-state index in [-0.39, 0.29) is 24.1 Å². The van der Waals surface area contributed by atoms with Gasteiger partial charge in [-0.25, -0.2) is 14.6 Å². The maximum Gasteiger partial charge on any atom is 0.263 e. The van der Waals surface area contributed by atoms with Crippen molar-refractivity contribution in [1.82, 2.24) is 29.6 Å². The zero-order valence-corrected chi connectivity index (χ0v) is 15.4. The summed E-state index contributed by atoms with van der Waals surface area (Å²) >= 11 is 0. The fourth-order valence-electron chi connectivity index (χ4n) is 3.49. The Morgan fingerprint density at radius 2 is 2.29 bits per heavy atom. The predicted molar refractivity (Wildman–Crippen MR) is 100.0 cm³/mol. The van der Waals surface area contributed by atoms with Crippen molar-refractivity contribution in [2.45, 2.75) is 25.4 Å². The highest BCUT2D eigenvalue weighted by atomic mass is 16.5. The van der Waals surface area contributed by atoms with Crippen LogP contribution in [0.15, 0.2) is 47.9 Å². The Bertz CT molecular complexity index is 1030. The molecular weight excluding hydrogens is 360 g/mol. The van der Waals surface area contributed by atoms with Gasteiger partial charge in [0.1, 0.15) is 36.3 Å². The van der Waals surface area contributed by atoms with Crippen molar-refractivity contribution in [3.05, 3.63) is 70.4 Å². The van der Waals surface area contributed by atoms with Crippen molar-refractivity contribution in [3.63, 3.8) is 0 Å². The molecule has 3 aromatic rings. The van der Waals surface area contributed by atoms with Crippen LogP contribution in [0.4, 0.5) is 0 Å². The summed E-state index contributed by atoms with van der Waals surface area (Å²) in [4.78, 5) is 38.0. The molecule has 1 amide bonds. The van der Waals surface area contributed by atoms with Gasteiger partial charge in [0.05, 0.1) is 13.2 Å². The number of aromatic nitrogens is 5. The Kier molecular flexibility index (Phi) is 4.88. The molecule has 1 atom stereocenters. The van der Waals surface area contributed by atoms with Crippen molar-refractivity contribution < 1.29 is 9.53 Å². The molecule has 1 saturated heterocycles. The molecule has 1 aliphatic heterocycles. The Hall–Kier alpha value is -3.49. The van der Waals surface area contributed by atoms with Crippen LogP contribution < -0.4 is 10.3 Å². The third-order valence-corrected chi connectivity index (χ3v) is 4.85. The number of ether oxygens (including phenoxy) is 1. The number of aromatic amines is 1. The number of hydrogen-bond acceptors (Lipinski definition) is 6. The van der Waals surface area contributed by atoms with Crippen LogP contribution >= 0.6 is 0 Å². The zero-order valence-electron chi connectivity index (χ0n) is 15.4. The van der Waals surface area contributed by atoms with Gasteiger partial charge < -0.3 is 14.6 Å². The first-order valence-electron chi connectivity index (χ1n) is 9.01. The number of hydrogen-bond donors (Lipinski definition) is 1. The molecule has 1 aliphatic rings. The molecule has 0 unspecified atom stereocenters. The predicted octanol–water partition coefficient (Wildman–Crippen LogP) is 1.40. The molecule has 0 spiro atoms. The lowest BCUT2D eigenvalue weighted by Crippen LogP contribution is -2.35. The summed E-state index contributed by atoms with van der Waals surface area (Å²) in [6, 6.07) is 7.59. The maximum absolute atomic E-state index is 13.0. The number of methoxy groups -OCH3 is 1. The highest BCUT2D eigenvalue weighted by Gasteiger charge is 2.32. The molecule has 4 rings (SSSR count). The van der Waals surface area contributed by atoms with Crippen LogP contribution in [0, 0.1) is 0 Å². The number of nitrogens with one attached hydrogen (secondary N) is 1. The molecule has 0 radical (unpaired) electrons. The summed E-state index contributed by atoms with van der Waals surface area (Å²) in [5.41, 5.74) is 0.584. The Morgan fingerprint density at radius 3 is 3.04 bits per heavy atom. The second-order valence-electron chi connectivity index (χ2n) is 6.60. The third kappa shape index (κ3) is 3.51. The first-order valence-corrected chi connectivity index (χ1v) is 9.01. The smallest absolute Gasteiger partial charge is 0.263 e. The van der Waals surface area contributed by atoms with E-state index in [4.69, 9.17) is 4.74 Å². The lowest BCUT2D eigenvalue weighted by Gasteiger charge is -2.25. The van der Waals surface area contributed by atoms with E-state index in [0.29, 0.717) is 12.4 Å². The summed E-state index contributed by atoms with van der Waals surface area (Å²) < 4.78 is 6.83. The van der Waals surface area contributed by atoms with Gasteiger partial charge >= 0.3 is 0 Å². The molecule has 0 bridgehead atoms. The lowest BCUT2D eigenvalue weighted by atomic mass is 10.0. The second kappa shape index (κ2) is 7.63. The molecule has 0 aliphatic carbocycles. The van der Waals surface area contributed by atoms with Crippen LogP contribution in [0.3, 0.4) is 0 Å². The van der Waals surface area contributed by atoms with Crippen molar-refractivity contribution in [1.29, 1.82) is 0 Å². The molecule has 0 saturated carbocycles. The number of carbonyl (C=O) groups excluding carboxylic acids is 1. The van der Waals surface area contributed by atoms with E-state index >= 15 is 0 Å². The zero-order chi connectivity index (χ0) is 19.5. The van der Waals surface area contributed by atoms with Gasteiger partial charge in [0, 0.05) is 12.7 Å². The summed E-state index contributed by atoms with van der Waals surface area (Å²) in [7, 11) is 1.61. The molecule has 1 fully saturated rings. The summed E-state index contributed by atoms with van der Waals surface area (Å²) in [6.07, 6.45) is 6.00. The van der Waals surface area contributed by atoms with Crippen molar-refractivity contribution >= 4 is 5.91 Å². The largest absolute Gasteiger partial charge is 0.497 e. The van der Waals surface area contributed by atoms with E-state index in [9.17, 15) is 9.59 Å². The molecular formula is C19H20N6O3. The molecule has 9 heteroatoms. The first-order chi connectivity index (χ1) is 13.7. The van der Waals surface area contributed by atoms with Crippen LogP contribution in [0.25, 0.3) is 0 Å². The van der Waals surface area contributed by atoms with Gasteiger partial charge in [-0.1, -0.05) is 12.1 Å². The van der Waals surface area contributed by atoms with Gasteiger partial charge in [0.2, 0.25) is 0 Å². The summed E-state index contributed by atoms with van der Waals surface area (Å²) in [5, 5.41) is 3.98. The van der Waals surface area contributed by atoms with Crippen LogP contribution in [-0.2, 0) is 6.54 Å². The van der Waals surface area contributed by atoms with E-state index in [1.165, 1.54) is 18.9 Å². The minimum atomic E-state index is -0.452. The normalized spacial score (nSPS) is 16.3. The summed E-state index contributed by atoms with van der Waals surface area (Å²) in [5.74, 6) is 0.845. The maximum atomic E-state index is 13.0. The van der Waals surface area contributed by atoms with Gasteiger partial charge in [-0.05, 0) is 30.5 Å². The van der Waals surface area contributed by atoms with Crippen molar-refractivity contribution in [3.8, 4) is 5.75 Å². The van der Waals surface area contributed by atoms with Crippen molar-refractivity contribution in [2.75, 3.05) is 13.7 Å². The molecule has 1 aromatic carbocycles. The van der Waals surface area contributed by atoms with Crippen LogP contribution in [0.5, 0.6) is 5.75 Å². The minimum absolute atomic E-state index is 0.0390. The standard InChI is InChI=1S/C19H20N6O3/c1-28-14-5-2-4-13(8-14)16-6-3-7-25(16)19(27)15-9-21-17(23-18(15)26)10-24-12-20-11-22-24/h2,4-5,8-9,11-12,16H,3,6-7,10H2,1H3,(H,21,23,26)/t16-/m0/s1. The molecule has 3 heterocycles. The molecule has 9 nitrogen and oxygen atoms in total. The van der Waals surface area contributed by atoms with E-state index in [2.05, 4.69) is 20.1 Å². The minimum Gasteiger partial charge on any atom is -0.497 e.